The van der Waals surface area contributed by atoms with Crippen molar-refractivity contribution in [2.24, 2.45) is 0 Å². The first kappa shape index (κ1) is 19.1. The Morgan fingerprint density at radius 3 is 2.61 bits per heavy atom. The zero-order valence-electron chi connectivity index (χ0n) is 12.3. The third-order valence-electron chi connectivity index (χ3n) is 3.18. The van der Waals surface area contributed by atoms with Crippen LogP contribution in [0.4, 0.5) is 17.6 Å². The topological polar surface area (TPSA) is 77.2 Å². The molecule has 0 bridgehead atoms. The monoisotopic (exact) mass is 334 g/mol. The molecule has 1 rings (SSSR count). The van der Waals surface area contributed by atoms with Crippen LogP contribution in [-0.2, 0) is 11.2 Å². The van der Waals surface area contributed by atoms with E-state index in [0.29, 0.717) is 24.8 Å². The summed E-state index contributed by atoms with van der Waals surface area (Å²) in [5.74, 6) is -1.05. The highest BCUT2D eigenvalue weighted by Gasteiger charge is 2.25. The van der Waals surface area contributed by atoms with Crippen molar-refractivity contribution in [3.8, 4) is 0 Å². The minimum atomic E-state index is -4.18. The van der Waals surface area contributed by atoms with Crippen LogP contribution in [0.15, 0.2) is 18.2 Å². The van der Waals surface area contributed by atoms with Gasteiger partial charge in [-0.25, -0.2) is 4.39 Å². The molecule has 128 valence electrons. The molecule has 3 N–H and O–H groups in total. The maximum Gasteiger partial charge on any atom is 0.389 e. The van der Waals surface area contributed by atoms with Crippen LogP contribution in [0.1, 0.15) is 42.9 Å². The molecule has 0 radical (unpaired) electrons. The molecule has 23 heavy (non-hydrogen) atoms. The number of hydrogen-bond donors (Lipinski definition) is 3. The molecular formula is C15H18F4N2O2. The molecule has 0 saturated heterocycles. The Labute approximate surface area is 131 Å². The van der Waals surface area contributed by atoms with E-state index in [4.69, 9.17) is 10.8 Å². The van der Waals surface area contributed by atoms with E-state index in [1.54, 1.807) is 0 Å². The molecule has 0 heterocycles. The lowest BCUT2D eigenvalue weighted by Crippen LogP contribution is -2.10. The summed E-state index contributed by atoms with van der Waals surface area (Å²) in [5, 5.41) is 23.9. The minimum absolute atomic E-state index is 0.0173. The smallest absolute Gasteiger partial charge is 0.389 e. The summed E-state index contributed by atoms with van der Waals surface area (Å²) in [6, 6.07) is 3.97. The number of ether oxygens (including phenoxy) is 1. The predicted molar refractivity (Wildman–Crippen MR) is 77.2 cm³/mol. The number of unbranched alkanes of at least 4 members (excludes halogenated alkanes) is 1. The fourth-order valence-electron chi connectivity index (χ4n) is 2.06. The Morgan fingerprint density at radius 2 is 2.00 bits per heavy atom. The molecule has 1 unspecified atom stereocenters. The predicted octanol–water partition coefficient (Wildman–Crippen LogP) is 4.13. The van der Waals surface area contributed by atoms with Crippen molar-refractivity contribution >= 4 is 12.3 Å². The molecule has 0 aliphatic heterocycles. The van der Waals surface area contributed by atoms with Crippen molar-refractivity contribution in [2.45, 2.75) is 44.4 Å². The highest BCUT2D eigenvalue weighted by molar-refractivity contribution is 5.80. The molecule has 8 heteroatoms. The highest BCUT2D eigenvalue weighted by Crippen LogP contribution is 2.25. The van der Waals surface area contributed by atoms with Gasteiger partial charge < -0.3 is 9.84 Å². The summed E-state index contributed by atoms with van der Waals surface area (Å²) in [7, 11) is 0. The largest absolute Gasteiger partial charge is 0.433 e. The summed E-state index contributed by atoms with van der Waals surface area (Å²) in [5.41, 5.74) is 0.568. The van der Waals surface area contributed by atoms with Crippen LogP contribution < -0.4 is 0 Å². The van der Waals surface area contributed by atoms with Gasteiger partial charge in [0.15, 0.2) is 12.3 Å². The van der Waals surface area contributed by atoms with Crippen LogP contribution in [-0.4, -0.2) is 23.6 Å². The van der Waals surface area contributed by atoms with E-state index in [2.05, 4.69) is 4.74 Å². The van der Waals surface area contributed by atoms with Gasteiger partial charge in [-0.05, 0) is 30.9 Å². The first-order valence-corrected chi connectivity index (χ1v) is 6.99. The van der Waals surface area contributed by atoms with Crippen molar-refractivity contribution in [3.05, 3.63) is 35.1 Å². The molecule has 0 aliphatic carbocycles. The fraction of sp³-hybridized carbons (Fsp3) is 0.467. The van der Waals surface area contributed by atoms with Crippen LogP contribution in [0.2, 0.25) is 0 Å². The number of aryl methyl sites for hydroxylation is 1. The quantitative estimate of drug-likeness (QED) is 0.289. The third-order valence-corrected chi connectivity index (χ3v) is 3.18. The normalized spacial score (nSPS) is 12.7. The van der Waals surface area contributed by atoms with Gasteiger partial charge in [0.2, 0.25) is 0 Å². The molecule has 0 spiro atoms. The lowest BCUT2D eigenvalue weighted by Gasteiger charge is -2.13. The van der Waals surface area contributed by atoms with Crippen molar-refractivity contribution in [1.82, 2.24) is 0 Å². The molecule has 0 amide bonds. The zero-order valence-corrected chi connectivity index (χ0v) is 12.3. The number of benzene rings is 1. The van der Waals surface area contributed by atoms with Crippen LogP contribution in [0.5, 0.6) is 0 Å². The van der Waals surface area contributed by atoms with Crippen molar-refractivity contribution in [2.75, 3.05) is 0 Å². The summed E-state index contributed by atoms with van der Waals surface area (Å²) < 4.78 is 54.4. The second-order valence-corrected chi connectivity index (χ2v) is 5.06. The Bertz CT molecular complexity index is 547. The minimum Gasteiger partial charge on any atom is -0.433 e. The van der Waals surface area contributed by atoms with Gasteiger partial charge in [0.25, 0.3) is 0 Å². The van der Waals surface area contributed by atoms with Gasteiger partial charge in [-0.1, -0.05) is 12.1 Å². The number of alkyl halides is 3. The molecule has 0 aromatic heterocycles. The van der Waals surface area contributed by atoms with E-state index in [-0.39, 0.29) is 24.3 Å². The summed E-state index contributed by atoms with van der Waals surface area (Å²) in [6.45, 7) is 0. The summed E-state index contributed by atoms with van der Waals surface area (Å²) in [6.07, 6.45) is -5.51. The second-order valence-electron chi connectivity index (χ2n) is 5.06. The van der Waals surface area contributed by atoms with E-state index in [1.807, 2.05) is 0 Å². The van der Waals surface area contributed by atoms with Gasteiger partial charge in [-0.3, -0.25) is 10.8 Å². The number of halogens is 4. The molecule has 1 aromatic carbocycles. The van der Waals surface area contributed by atoms with Crippen molar-refractivity contribution < 1.29 is 27.4 Å². The van der Waals surface area contributed by atoms with Crippen molar-refractivity contribution in [3.63, 3.8) is 0 Å². The molecule has 4 nitrogen and oxygen atoms in total. The van der Waals surface area contributed by atoms with Gasteiger partial charge in [0.05, 0.1) is 12.5 Å². The average Bonchev–Trinajstić information content (AvgIpc) is 2.44. The van der Waals surface area contributed by atoms with Gasteiger partial charge in [-0.15, -0.1) is 0 Å². The Hall–Kier alpha value is -1.96. The highest BCUT2D eigenvalue weighted by atomic mass is 19.4. The van der Waals surface area contributed by atoms with E-state index < -0.39 is 24.5 Å². The van der Waals surface area contributed by atoms with Gasteiger partial charge in [0, 0.05) is 12.0 Å². The number of hydrogen-bond acceptors (Lipinski definition) is 4. The number of rotatable bonds is 8. The van der Waals surface area contributed by atoms with Crippen LogP contribution in [0.25, 0.3) is 0 Å². The number of nitrogens with one attached hydrogen (secondary N) is 2. The lowest BCUT2D eigenvalue weighted by molar-refractivity contribution is -0.135. The molecular weight excluding hydrogens is 316 g/mol. The number of aliphatic hydroxyl groups excluding tert-OH is 1. The molecule has 1 atom stereocenters. The number of aliphatic hydroxyl groups is 1. The Kier molecular flexibility index (Phi) is 7.15. The van der Waals surface area contributed by atoms with Crippen LogP contribution in [0.3, 0.4) is 0 Å². The van der Waals surface area contributed by atoms with E-state index in [9.17, 15) is 22.7 Å². The van der Waals surface area contributed by atoms with Crippen LogP contribution >= 0.6 is 0 Å². The zero-order chi connectivity index (χ0) is 17.5. The molecule has 1 aromatic rings. The maximum atomic E-state index is 13.7. The van der Waals surface area contributed by atoms with Crippen LogP contribution in [0, 0.1) is 16.6 Å². The molecule has 0 aliphatic rings. The third kappa shape index (κ3) is 7.23. The lowest BCUT2D eigenvalue weighted by atomic mass is 9.99. The summed E-state index contributed by atoms with van der Waals surface area (Å²) in [4.78, 5) is 0. The second kappa shape index (κ2) is 8.61. The molecule has 0 fully saturated rings. The SMILES string of the molecule is N=COC(=N)CC(O)c1cc(CCCCC(F)(F)F)ccc1F. The van der Waals surface area contributed by atoms with E-state index in [1.165, 1.54) is 12.1 Å². The molecule has 0 saturated carbocycles. The van der Waals surface area contributed by atoms with Gasteiger partial charge >= 0.3 is 6.18 Å². The Balaban J connectivity index is 2.64. The standard InChI is InChI=1S/C15H18F4N2O2/c16-12-5-4-10(3-1-2-6-15(17,18)19)7-11(12)13(22)8-14(21)23-9-20/h4-5,7,9,13,20-22H,1-3,6,8H2. The van der Waals surface area contributed by atoms with Crippen molar-refractivity contribution in [1.29, 1.82) is 10.8 Å². The summed E-state index contributed by atoms with van der Waals surface area (Å²) >= 11 is 0. The van der Waals surface area contributed by atoms with Gasteiger partial charge in [-0.2, -0.15) is 13.2 Å². The van der Waals surface area contributed by atoms with E-state index in [0.717, 1.165) is 6.07 Å². The van der Waals surface area contributed by atoms with E-state index >= 15 is 0 Å². The fourth-order valence-corrected chi connectivity index (χ4v) is 2.06. The van der Waals surface area contributed by atoms with Gasteiger partial charge in [0.1, 0.15) is 5.82 Å². The average molecular weight is 334 g/mol. The Morgan fingerprint density at radius 1 is 1.30 bits per heavy atom. The first-order chi connectivity index (χ1) is 10.7. The maximum absolute atomic E-state index is 13.7. The first-order valence-electron chi connectivity index (χ1n) is 6.99.